The molecule has 150 valence electrons. The van der Waals surface area contributed by atoms with Gasteiger partial charge in [-0.1, -0.05) is 22.9 Å². The first-order chi connectivity index (χ1) is 13.1. The highest BCUT2D eigenvalue weighted by molar-refractivity contribution is 7.91. The number of nitrogens with zero attached hydrogens (tertiary/aromatic N) is 4. The molecular formula is C15H13ClF2N4O4S2. The molecule has 0 spiro atoms. The molecule has 0 aliphatic rings. The number of esters is 1. The Hall–Kier alpha value is -2.18. The molecule has 3 rings (SSSR count). The summed E-state index contributed by atoms with van der Waals surface area (Å²) >= 11 is 6.91. The second kappa shape index (κ2) is 7.68. The minimum Gasteiger partial charge on any atom is -0.469 e. The number of hydrogen-bond donors (Lipinski definition) is 0. The van der Waals surface area contributed by atoms with Crippen LogP contribution in [-0.2, 0) is 26.4 Å². The maximum atomic E-state index is 12.8. The van der Waals surface area contributed by atoms with E-state index >= 15 is 0 Å². The summed E-state index contributed by atoms with van der Waals surface area (Å²) in [6.45, 7) is 0. The van der Waals surface area contributed by atoms with Gasteiger partial charge in [0.05, 0.1) is 34.7 Å². The summed E-state index contributed by atoms with van der Waals surface area (Å²) in [5.41, 5.74) is 0.603. The van der Waals surface area contributed by atoms with E-state index in [2.05, 4.69) is 20.0 Å². The zero-order chi connectivity index (χ0) is 20.6. The van der Waals surface area contributed by atoms with Gasteiger partial charge in [-0.25, -0.2) is 17.2 Å². The maximum absolute atomic E-state index is 12.8. The summed E-state index contributed by atoms with van der Waals surface area (Å²) in [6.07, 6.45) is -3.10. The lowest BCUT2D eigenvalue weighted by molar-refractivity contribution is -0.140. The number of benzene rings is 1. The normalized spacial score (nSPS) is 12.1. The van der Waals surface area contributed by atoms with Gasteiger partial charge in [0, 0.05) is 12.4 Å². The van der Waals surface area contributed by atoms with E-state index in [1.807, 2.05) is 0 Å². The highest BCUT2D eigenvalue weighted by Crippen LogP contribution is 2.36. The fourth-order valence-electron chi connectivity index (χ4n) is 2.53. The third kappa shape index (κ3) is 3.84. The van der Waals surface area contributed by atoms with Crippen LogP contribution >= 0.6 is 22.9 Å². The zero-order valence-electron chi connectivity index (χ0n) is 14.5. The van der Waals surface area contributed by atoms with Gasteiger partial charge >= 0.3 is 5.97 Å². The molecule has 0 saturated heterocycles. The fraction of sp³-hybridized carbons (Fsp3) is 0.333. The monoisotopic (exact) mass is 450 g/mol. The number of carbonyl (C=O) groups is 1. The predicted octanol–water partition coefficient (Wildman–Crippen LogP) is 3.02. The number of methoxy groups -OCH3 is 1. The topological polar surface area (TPSA) is 104 Å². The maximum Gasteiger partial charge on any atom is 0.306 e. The summed E-state index contributed by atoms with van der Waals surface area (Å²) in [6, 6.07) is 2.59. The third-order valence-electron chi connectivity index (χ3n) is 3.86. The van der Waals surface area contributed by atoms with Crippen molar-refractivity contribution in [2.24, 2.45) is 7.05 Å². The third-order valence-corrected chi connectivity index (χ3v) is 6.78. The van der Waals surface area contributed by atoms with E-state index in [0.717, 1.165) is 7.11 Å². The molecule has 2 aromatic heterocycles. The van der Waals surface area contributed by atoms with E-state index in [1.54, 1.807) is 7.05 Å². The van der Waals surface area contributed by atoms with Crippen LogP contribution in [-0.4, -0.2) is 47.2 Å². The highest BCUT2D eigenvalue weighted by Gasteiger charge is 2.24. The van der Waals surface area contributed by atoms with E-state index in [0.29, 0.717) is 22.2 Å². The Balaban J connectivity index is 2.12. The standard InChI is InChI=1S/C15H13ClF2N4O4S2/c1-22-12-8(11(21-22)14-19-20-15(27-14)13(17)18)5-7(6-9(12)16)28(24,25)4-3-10(23)26-2/h5-6,13H,3-4H2,1-2H3. The highest BCUT2D eigenvalue weighted by atomic mass is 35.5. The smallest absolute Gasteiger partial charge is 0.306 e. The van der Waals surface area contributed by atoms with Crippen molar-refractivity contribution in [3.05, 3.63) is 22.2 Å². The van der Waals surface area contributed by atoms with Gasteiger partial charge in [0.1, 0.15) is 5.69 Å². The van der Waals surface area contributed by atoms with E-state index in [-0.39, 0.29) is 27.0 Å². The van der Waals surface area contributed by atoms with Gasteiger partial charge in [0.2, 0.25) is 0 Å². The van der Waals surface area contributed by atoms with Crippen LogP contribution in [0.5, 0.6) is 0 Å². The van der Waals surface area contributed by atoms with Crippen LogP contribution < -0.4 is 0 Å². The Labute approximate surface area is 167 Å². The van der Waals surface area contributed by atoms with Gasteiger partial charge in [-0.05, 0) is 12.1 Å². The van der Waals surface area contributed by atoms with Gasteiger partial charge in [0.15, 0.2) is 19.9 Å². The van der Waals surface area contributed by atoms with Crippen molar-refractivity contribution in [1.82, 2.24) is 20.0 Å². The van der Waals surface area contributed by atoms with Gasteiger partial charge in [-0.3, -0.25) is 9.48 Å². The summed E-state index contributed by atoms with van der Waals surface area (Å²) in [5.74, 6) is -1.13. The van der Waals surface area contributed by atoms with E-state index < -0.39 is 33.0 Å². The molecule has 13 heteroatoms. The molecule has 0 fully saturated rings. The molecule has 0 bridgehead atoms. The number of aryl methyl sites for hydroxylation is 1. The number of hydrogen-bond acceptors (Lipinski definition) is 8. The number of aromatic nitrogens is 4. The van der Waals surface area contributed by atoms with Gasteiger partial charge in [-0.15, -0.1) is 10.2 Å². The van der Waals surface area contributed by atoms with Crippen molar-refractivity contribution in [2.75, 3.05) is 12.9 Å². The van der Waals surface area contributed by atoms with Crippen LogP contribution in [0.15, 0.2) is 17.0 Å². The largest absolute Gasteiger partial charge is 0.469 e. The van der Waals surface area contributed by atoms with Crippen LogP contribution in [0, 0.1) is 0 Å². The molecule has 3 aromatic rings. The Morgan fingerprint density at radius 2 is 2.07 bits per heavy atom. The summed E-state index contributed by atoms with van der Waals surface area (Å²) in [4.78, 5) is 11.1. The van der Waals surface area contributed by atoms with E-state index in [4.69, 9.17) is 11.6 Å². The molecule has 0 unspecified atom stereocenters. The Morgan fingerprint density at radius 1 is 1.36 bits per heavy atom. The molecule has 0 saturated carbocycles. The average Bonchev–Trinajstić information content (AvgIpc) is 3.25. The number of rotatable bonds is 6. The summed E-state index contributed by atoms with van der Waals surface area (Å²) in [5, 5.41) is 11.4. The molecule has 1 aromatic carbocycles. The molecule has 0 atom stereocenters. The lowest BCUT2D eigenvalue weighted by Crippen LogP contribution is -2.12. The van der Waals surface area contributed by atoms with Crippen LogP contribution in [0.25, 0.3) is 21.6 Å². The fourth-order valence-corrected chi connectivity index (χ4v) is 4.90. The van der Waals surface area contributed by atoms with E-state index in [1.165, 1.54) is 16.8 Å². The first-order valence-corrected chi connectivity index (χ1v) is 10.6. The molecule has 2 heterocycles. The van der Waals surface area contributed by atoms with Crippen molar-refractivity contribution in [3.8, 4) is 10.7 Å². The Morgan fingerprint density at radius 3 is 2.68 bits per heavy atom. The quantitative estimate of drug-likeness (QED) is 0.531. The average molecular weight is 451 g/mol. The predicted molar refractivity (Wildman–Crippen MR) is 98.3 cm³/mol. The van der Waals surface area contributed by atoms with Crippen LogP contribution in [0.2, 0.25) is 5.02 Å². The Kier molecular flexibility index (Phi) is 5.64. The molecule has 28 heavy (non-hydrogen) atoms. The SMILES string of the molecule is COC(=O)CCS(=O)(=O)c1cc(Cl)c2c(c1)c(-c1nnc(C(F)F)s1)nn2C. The van der Waals surface area contributed by atoms with E-state index in [9.17, 15) is 22.0 Å². The van der Waals surface area contributed by atoms with Crippen molar-refractivity contribution >= 4 is 49.6 Å². The second-order valence-corrected chi connectivity index (χ2v) is 9.19. The zero-order valence-corrected chi connectivity index (χ0v) is 16.9. The van der Waals surface area contributed by atoms with Crippen LogP contribution in [0.3, 0.4) is 0 Å². The Bertz CT molecular complexity index is 1160. The number of fused-ring (bicyclic) bond motifs is 1. The first-order valence-electron chi connectivity index (χ1n) is 7.71. The minimum atomic E-state index is -3.85. The lowest BCUT2D eigenvalue weighted by atomic mass is 10.2. The van der Waals surface area contributed by atoms with Crippen LogP contribution in [0.1, 0.15) is 17.9 Å². The minimum absolute atomic E-state index is 0.106. The van der Waals surface area contributed by atoms with Crippen molar-refractivity contribution in [2.45, 2.75) is 17.7 Å². The number of carbonyl (C=O) groups excluding carboxylic acids is 1. The van der Waals surface area contributed by atoms with Crippen molar-refractivity contribution in [1.29, 1.82) is 0 Å². The number of sulfone groups is 1. The van der Waals surface area contributed by atoms with Crippen LogP contribution in [0.4, 0.5) is 8.78 Å². The second-order valence-electron chi connectivity index (χ2n) is 5.66. The summed E-state index contributed by atoms with van der Waals surface area (Å²) in [7, 11) is -1.11. The molecule has 0 aliphatic carbocycles. The van der Waals surface area contributed by atoms with Gasteiger partial charge in [0.25, 0.3) is 6.43 Å². The number of alkyl halides is 2. The molecule has 8 nitrogen and oxygen atoms in total. The first kappa shape index (κ1) is 20.6. The number of halogens is 3. The molecule has 0 N–H and O–H groups in total. The van der Waals surface area contributed by atoms with Crippen molar-refractivity contribution < 1.29 is 26.7 Å². The van der Waals surface area contributed by atoms with Gasteiger partial charge in [-0.2, -0.15) is 5.10 Å². The molecule has 0 radical (unpaired) electrons. The summed E-state index contributed by atoms with van der Waals surface area (Å²) < 4.78 is 56.7. The molecular weight excluding hydrogens is 438 g/mol. The molecule has 0 aliphatic heterocycles. The van der Waals surface area contributed by atoms with Crippen molar-refractivity contribution in [3.63, 3.8) is 0 Å². The molecule has 0 amide bonds. The van der Waals surface area contributed by atoms with Gasteiger partial charge < -0.3 is 4.74 Å². The lowest BCUT2D eigenvalue weighted by Gasteiger charge is -2.06. The number of ether oxygens (including phenoxy) is 1.